The molecule has 0 aliphatic heterocycles. The molecule has 66 valence electrons. The maximum absolute atomic E-state index is 5.44. The van der Waals surface area contributed by atoms with E-state index < -0.39 is 0 Å². The highest BCUT2D eigenvalue weighted by Crippen LogP contribution is 2.15. The molecule has 1 rings (SSSR count). The minimum atomic E-state index is 0.592. The minimum Gasteiger partial charge on any atom is -0.491 e. The van der Waals surface area contributed by atoms with Gasteiger partial charge in [-0.25, -0.2) is 0 Å². The molecule has 0 aromatic heterocycles. The van der Waals surface area contributed by atoms with Crippen molar-refractivity contribution in [3.05, 3.63) is 29.8 Å². The van der Waals surface area contributed by atoms with Crippen molar-refractivity contribution >= 4 is 9.47 Å². The third kappa shape index (κ3) is 2.80. The van der Waals surface area contributed by atoms with Gasteiger partial charge in [-0.15, -0.1) is 0 Å². The predicted octanol–water partition coefficient (Wildman–Crippen LogP) is 2.18. The van der Waals surface area contributed by atoms with E-state index in [2.05, 4.69) is 9.47 Å². The molecule has 1 aromatic rings. The van der Waals surface area contributed by atoms with E-state index in [4.69, 9.17) is 9.26 Å². The third-order valence-electron chi connectivity index (χ3n) is 1.55. The first-order valence-electron chi connectivity index (χ1n) is 3.84. The first-order valence-corrected chi connectivity index (χ1v) is 4.32. The summed E-state index contributed by atoms with van der Waals surface area (Å²) in [7, 11) is 2.20. The van der Waals surface area contributed by atoms with Gasteiger partial charge in [-0.05, 0) is 18.6 Å². The number of para-hydroxylation sites is 1. The molecule has 0 saturated heterocycles. The molecule has 0 saturated carbocycles. The van der Waals surface area contributed by atoms with Crippen LogP contribution < -0.4 is 4.74 Å². The molecule has 0 aliphatic carbocycles. The summed E-state index contributed by atoms with van der Waals surface area (Å²) in [6.45, 7) is 3.21. The highest BCUT2D eigenvalue weighted by molar-refractivity contribution is 7.09. The highest BCUT2D eigenvalue weighted by Gasteiger charge is 1.95. The lowest BCUT2D eigenvalue weighted by Crippen LogP contribution is -2.03. The molecule has 0 amide bonds. The Balaban J connectivity index is 2.46. The van der Waals surface area contributed by atoms with Crippen molar-refractivity contribution in [3.63, 3.8) is 0 Å². The molecule has 0 bridgehead atoms. The van der Waals surface area contributed by atoms with E-state index in [1.165, 1.54) is 0 Å². The van der Waals surface area contributed by atoms with Crippen LogP contribution in [0.5, 0.6) is 5.75 Å². The van der Waals surface area contributed by atoms with Crippen LogP contribution in [0.25, 0.3) is 0 Å². The van der Waals surface area contributed by atoms with Gasteiger partial charge in [-0.1, -0.05) is 18.2 Å². The van der Waals surface area contributed by atoms with Gasteiger partial charge in [0.15, 0.2) is 0 Å². The summed E-state index contributed by atoms with van der Waals surface area (Å²) < 4.78 is 10.2. The Labute approximate surface area is 75.2 Å². The number of rotatable bonds is 4. The second-order valence-corrected chi connectivity index (χ2v) is 2.82. The van der Waals surface area contributed by atoms with Crippen LogP contribution in [0.1, 0.15) is 5.56 Å². The molecule has 0 heterocycles. The fraction of sp³-hybridized carbons (Fsp3) is 0.333. The Morgan fingerprint density at radius 1 is 1.25 bits per heavy atom. The molecule has 1 aromatic carbocycles. The number of hydrogen-bond donors (Lipinski definition) is 0. The van der Waals surface area contributed by atoms with Crippen LogP contribution >= 0.6 is 9.47 Å². The fourth-order valence-corrected chi connectivity index (χ4v) is 1.01. The quantitative estimate of drug-likeness (QED) is 0.527. The number of aryl methyl sites for hydroxylation is 1. The topological polar surface area (TPSA) is 18.5 Å². The van der Waals surface area contributed by atoms with Crippen LogP contribution in [0.2, 0.25) is 0 Å². The zero-order valence-electron chi connectivity index (χ0n) is 7.12. The highest BCUT2D eigenvalue weighted by atomic mass is 31.0. The summed E-state index contributed by atoms with van der Waals surface area (Å²) in [6, 6.07) is 7.94. The average Bonchev–Trinajstić information content (AvgIpc) is 2.09. The van der Waals surface area contributed by atoms with E-state index in [0.717, 1.165) is 11.3 Å². The van der Waals surface area contributed by atoms with Gasteiger partial charge in [0.05, 0.1) is 6.61 Å². The van der Waals surface area contributed by atoms with E-state index in [0.29, 0.717) is 13.2 Å². The second-order valence-electron chi connectivity index (χ2n) is 2.48. The molecule has 0 radical (unpaired) electrons. The zero-order valence-corrected chi connectivity index (χ0v) is 8.27. The van der Waals surface area contributed by atoms with Crippen LogP contribution in [-0.2, 0) is 4.52 Å². The van der Waals surface area contributed by atoms with Crippen molar-refractivity contribution in [2.45, 2.75) is 6.92 Å². The Morgan fingerprint density at radius 3 is 2.67 bits per heavy atom. The summed E-state index contributed by atoms with van der Waals surface area (Å²) in [6.07, 6.45) is 0. The predicted molar refractivity (Wildman–Crippen MR) is 52.3 cm³/mol. The lowest BCUT2D eigenvalue weighted by Gasteiger charge is -2.07. The molecule has 2 nitrogen and oxygen atoms in total. The van der Waals surface area contributed by atoms with Crippen LogP contribution in [0, 0.1) is 6.92 Å². The molecule has 0 fully saturated rings. The van der Waals surface area contributed by atoms with Crippen molar-refractivity contribution in [1.29, 1.82) is 0 Å². The van der Waals surface area contributed by atoms with E-state index in [1.54, 1.807) is 0 Å². The molecular weight excluding hydrogens is 171 g/mol. The van der Waals surface area contributed by atoms with Crippen LogP contribution in [0.4, 0.5) is 0 Å². The SMILES string of the molecule is Cc1ccccc1OCCOP. The monoisotopic (exact) mass is 184 g/mol. The maximum Gasteiger partial charge on any atom is 0.122 e. The number of hydrogen-bond acceptors (Lipinski definition) is 2. The minimum absolute atomic E-state index is 0.592. The molecule has 0 N–H and O–H groups in total. The van der Waals surface area contributed by atoms with Crippen molar-refractivity contribution in [3.8, 4) is 5.75 Å². The normalized spacial score (nSPS) is 9.83. The first-order chi connectivity index (χ1) is 5.84. The molecule has 3 heteroatoms. The smallest absolute Gasteiger partial charge is 0.122 e. The molecule has 1 unspecified atom stereocenters. The van der Waals surface area contributed by atoms with Crippen LogP contribution in [0.15, 0.2) is 24.3 Å². The van der Waals surface area contributed by atoms with Crippen LogP contribution in [0.3, 0.4) is 0 Å². The zero-order chi connectivity index (χ0) is 8.81. The van der Waals surface area contributed by atoms with Gasteiger partial charge in [0, 0.05) is 9.47 Å². The largest absolute Gasteiger partial charge is 0.491 e. The van der Waals surface area contributed by atoms with Crippen LogP contribution in [-0.4, -0.2) is 13.2 Å². The van der Waals surface area contributed by atoms with E-state index in [1.807, 2.05) is 31.2 Å². The summed E-state index contributed by atoms with van der Waals surface area (Å²) in [4.78, 5) is 0. The molecule has 12 heavy (non-hydrogen) atoms. The summed E-state index contributed by atoms with van der Waals surface area (Å²) in [5.74, 6) is 0.930. The Morgan fingerprint density at radius 2 is 2.00 bits per heavy atom. The summed E-state index contributed by atoms with van der Waals surface area (Å²) >= 11 is 0. The number of ether oxygens (including phenoxy) is 1. The van der Waals surface area contributed by atoms with Gasteiger partial charge in [-0.2, -0.15) is 0 Å². The van der Waals surface area contributed by atoms with Gasteiger partial charge in [-0.3, -0.25) is 0 Å². The van der Waals surface area contributed by atoms with Crippen molar-refractivity contribution in [2.24, 2.45) is 0 Å². The first kappa shape index (κ1) is 9.50. The average molecular weight is 184 g/mol. The van der Waals surface area contributed by atoms with Gasteiger partial charge < -0.3 is 9.26 Å². The fourth-order valence-electron chi connectivity index (χ4n) is 0.918. The van der Waals surface area contributed by atoms with E-state index >= 15 is 0 Å². The molecule has 0 spiro atoms. The maximum atomic E-state index is 5.44. The summed E-state index contributed by atoms with van der Waals surface area (Å²) in [5, 5.41) is 0. The van der Waals surface area contributed by atoms with Crippen molar-refractivity contribution < 1.29 is 9.26 Å². The molecule has 1 atom stereocenters. The van der Waals surface area contributed by atoms with E-state index in [-0.39, 0.29) is 0 Å². The molecule has 0 aliphatic rings. The van der Waals surface area contributed by atoms with E-state index in [9.17, 15) is 0 Å². The lowest BCUT2D eigenvalue weighted by atomic mass is 10.2. The summed E-state index contributed by atoms with van der Waals surface area (Å²) in [5.41, 5.74) is 1.15. The van der Waals surface area contributed by atoms with Crippen molar-refractivity contribution in [1.82, 2.24) is 0 Å². The van der Waals surface area contributed by atoms with Gasteiger partial charge in [0.25, 0.3) is 0 Å². The second kappa shape index (κ2) is 5.13. The third-order valence-corrected chi connectivity index (χ3v) is 1.79. The number of benzene rings is 1. The lowest BCUT2D eigenvalue weighted by molar-refractivity contribution is 0.237. The Kier molecular flexibility index (Phi) is 4.06. The van der Waals surface area contributed by atoms with Crippen molar-refractivity contribution in [2.75, 3.05) is 13.2 Å². The van der Waals surface area contributed by atoms with Gasteiger partial charge in [0.2, 0.25) is 0 Å². The van der Waals surface area contributed by atoms with Gasteiger partial charge >= 0.3 is 0 Å². The Hall–Kier alpha value is -0.590. The Bertz CT molecular complexity index is 238. The molecular formula is C9H13O2P. The van der Waals surface area contributed by atoms with Gasteiger partial charge in [0.1, 0.15) is 12.4 Å². The standard InChI is InChI=1S/C9H13O2P/c1-8-4-2-3-5-9(8)10-6-7-11-12/h2-5H,6-7,12H2,1H3.